The summed E-state index contributed by atoms with van der Waals surface area (Å²) in [6.07, 6.45) is 0.972. The van der Waals surface area contributed by atoms with E-state index in [1.807, 2.05) is 6.92 Å². The lowest BCUT2D eigenvalue weighted by atomic mass is 10.1. The van der Waals surface area contributed by atoms with E-state index in [4.69, 9.17) is 10.8 Å². The third-order valence-corrected chi connectivity index (χ3v) is 1.70. The van der Waals surface area contributed by atoms with Gasteiger partial charge in [-0.3, -0.25) is 4.79 Å². The Morgan fingerprint density at radius 3 is 2.67 bits per heavy atom. The zero-order valence-corrected chi connectivity index (χ0v) is 7.29. The molecule has 0 aromatic carbocycles. The Balaban J connectivity index is 3.53. The van der Waals surface area contributed by atoms with Gasteiger partial charge < -0.3 is 10.8 Å². The first-order valence-electron chi connectivity index (χ1n) is 4.20. The topological polar surface area (TPSA) is 63.3 Å². The molecule has 2 atom stereocenters. The Hall–Kier alpha value is -0.640. The quantitative estimate of drug-likeness (QED) is 0.643. The normalized spacial score (nSPS) is 15.6. The average molecular weight is 177 g/mol. The number of carboxylic acids is 1. The van der Waals surface area contributed by atoms with Gasteiger partial charge in [0.05, 0.1) is 0 Å². The van der Waals surface area contributed by atoms with Gasteiger partial charge in [0.2, 0.25) is 0 Å². The fourth-order valence-corrected chi connectivity index (χ4v) is 0.920. The number of nitrogens with two attached hydrogens (primary N) is 1. The van der Waals surface area contributed by atoms with E-state index in [9.17, 15) is 9.18 Å². The molecule has 0 amide bonds. The first kappa shape index (κ1) is 11.4. The first-order valence-corrected chi connectivity index (χ1v) is 4.20. The number of alkyl halides is 1. The van der Waals surface area contributed by atoms with Crippen LogP contribution in [0.4, 0.5) is 4.39 Å². The van der Waals surface area contributed by atoms with Crippen LogP contribution >= 0.6 is 0 Å². The van der Waals surface area contributed by atoms with E-state index in [-0.39, 0.29) is 6.42 Å². The lowest BCUT2D eigenvalue weighted by molar-refractivity contribution is -0.139. The van der Waals surface area contributed by atoms with E-state index in [1.165, 1.54) is 0 Å². The van der Waals surface area contributed by atoms with E-state index in [0.29, 0.717) is 6.42 Å². The highest BCUT2D eigenvalue weighted by Gasteiger charge is 2.17. The van der Waals surface area contributed by atoms with Crippen molar-refractivity contribution in [2.45, 2.75) is 44.8 Å². The Bertz CT molecular complexity index is 141. The molecule has 2 unspecified atom stereocenters. The molecule has 0 radical (unpaired) electrons. The second kappa shape index (κ2) is 5.94. The van der Waals surface area contributed by atoms with Crippen LogP contribution in [0.15, 0.2) is 0 Å². The predicted molar refractivity (Wildman–Crippen MR) is 44.6 cm³/mol. The maximum Gasteiger partial charge on any atom is 0.320 e. The van der Waals surface area contributed by atoms with E-state index >= 15 is 0 Å². The van der Waals surface area contributed by atoms with Gasteiger partial charge in [-0.05, 0) is 6.42 Å². The summed E-state index contributed by atoms with van der Waals surface area (Å²) in [7, 11) is 0. The van der Waals surface area contributed by atoms with Crippen molar-refractivity contribution in [2.24, 2.45) is 5.73 Å². The van der Waals surface area contributed by atoms with Gasteiger partial charge in [0.25, 0.3) is 0 Å². The molecule has 0 saturated heterocycles. The zero-order valence-electron chi connectivity index (χ0n) is 7.29. The summed E-state index contributed by atoms with van der Waals surface area (Å²) in [5, 5.41) is 8.36. The van der Waals surface area contributed by atoms with Crippen LogP contribution in [0.3, 0.4) is 0 Å². The highest BCUT2D eigenvalue weighted by molar-refractivity contribution is 5.73. The molecule has 0 bridgehead atoms. The molecule has 3 nitrogen and oxygen atoms in total. The minimum Gasteiger partial charge on any atom is -0.480 e. The molecule has 72 valence electrons. The number of aliphatic carboxylic acids is 1. The summed E-state index contributed by atoms with van der Waals surface area (Å²) in [6, 6.07) is -1.06. The van der Waals surface area contributed by atoms with Crippen molar-refractivity contribution in [3.63, 3.8) is 0 Å². The molecule has 3 N–H and O–H groups in total. The fourth-order valence-electron chi connectivity index (χ4n) is 0.920. The van der Waals surface area contributed by atoms with Crippen molar-refractivity contribution >= 4 is 5.97 Å². The molecule has 4 heteroatoms. The largest absolute Gasteiger partial charge is 0.480 e. The number of carboxylic acid groups (broad SMARTS) is 1. The van der Waals surface area contributed by atoms with E-state index < -0.39 is 18.2 Å². The van der Waals surface area contributed by atoms with Crippen molar-refractivity contribution in [1.29, 1.82) is 0 Å². The SMILES string of the molecule is CCCCC(F)CC(N)C(=O)O. The molecular weight excluding hydrogens is 161 g/mol. The Kier molecular flexibility index (Phi) is 5.62. The standard InChI is InChI=1S/C8H16FNO2/c1-2-3-4-6(9)5-7(10)8(11)12/h6-7H,2-5,10H2,1H3,(H,11,12). The monoisotopic (exact) mass is 177 g/mol. The number of rotatable bonds is 6. The van der Waals surface area contributed by atoms with Crippen LogP contribution in [-0.2, 0) is 4.79 Å². The Morgan fingerprint density at radius 1 is 1.67 bits per heavy atom. The van der Waals surface area contributed by atoms with Gasteiger partial charge >= 0.3 is 5.97 Å². The van der Waals surface area contributed by atoms with Gasteiger partial charge in [-0.15, -0.1) is 0 Å². The molecule has 0 spiro atoms. The van der Waals surface area contributed by atoms with E-state index in [2.05, 4.69) is 0 Å². The van der Waals surface area contributed by atoms with Gasteiger partial charge in [-0.25, -0.2) is 4.39 Å². The highest BCUT2D eigenvalue weighted by Crippen LogP contribution is 2.09. The zero-order chi connectivity index (χ0) is 9.56. The molecule has 0 heterocycles. The highest BCUT2D eigenvalue weighted by atomic mass is 19.1. The summed E-state index contributed by atoms with van der Waals surface area (Å²) in [5.41, 5.74) is 5.15. The molecule has 0 rings (SSSR count). The van der Waals surface area contributed by atoms with Crippen molar-refractivity contribution in [1.82, 2.24) is 0 Å². The third-order valence-electron chi connectivity index (χ3n) is 1.70. The predicted octanol–water partition coefficient (Wildman–Crippen LogP) is 1.32. The van der Waals surface area contributed by atoms with Gasteiger partial charge in [0.1, 0.15) is 12.2 Å². The second-order valence-corrected chi connectivity index (χ2v) is 2.92. The fraction of sp³-hybridized carbons (Fsp3) is 0.875. The summed E-state index contributed by atoms with van der Waals surface area (Å²) in [5.74, 6) is -1.13. The van der Waals surface area contributed by atoms with Crippen molar-refractivity contribution in [3.8, 4) is 0 Å². The van der Waals surface area contributed by atoms with Gasteiger partial charge in [0, 0.05) is 6.42 Å². The van der Waals surface area contributed by atoms with Crippen LogP contribution in [-0.4, -0.2) is 23.3 Å². The minimum absolute atomic E-state index is 0.0741. The number of halogens is 1. The second-order valence-electron chi connectivity index (χ2n) is 2.92. The Labute approximate surface area is 71.8 Å². The summed E-state index contributed by atoms with van der Waals surface area (Å²) in [6.45, 7) is 1.96. The lowest BCUT2D eigenvalue weighted by Crippen LogP contribution is -2.32. The van der Waals surface area contributed by atoms with Crippen LogP contribution in [0.2, 0.25) is 0 Å². The van der Waals surface area contributed by atoms with Crippen molar-refractivity contribution in [3.05, 3.63) is 0 Å². The van der Waals surface area contributed by atoms with Crippen LogP contribution < -0.4 is 5.73 Å². The van der Waals surface area contributed by atoms with E-state index in [1.54, 1.807) is 0 Å². The molecule has 0 aromatic rings. The summed E-state index contributed by atoms with van der Waals surface area (Å²) < 4.78 is 12.9. The maximum atomic E-state index is 12.9. The molecule has 0 aliphatic carbocycles. The molecule has 0 aromatic heterocycles. The summed E-state index contributed by atoms with van der Waals surface area (Å²) in [4.78, 5) is 10.2. The van der Waals surface area contributed by atoms with Crippen molar-refractivity contribution in [2.75, 3.05) is 0 Å². The van der Waals surface area contributed by atoms with Crippen molar-refractivity contribution < 1.29 is 14.3 Å². The van der Waals surface area contributed by atoms with Gasteiger partial charge in [-0.1, -0.05) is 19.8 Å². The molecular formula is C8H16FNO2. The first-order chi connectivity index (χ1) is 5.57. The maximum absolute atomic E-state index is 12.9. The number of carbonyl (C=O) groups is 1. The van der Waals surface area contributed by atoms with Crippen LogP contribution in [0.25, 0.3) is 0 Å². The van der Waals surface area contributed by atoms with Gasteiger partial charge in [0.15, 0.2) is 0 Å². The minimum atomic E-state index is -1.13. The number of hydrogen-bond acceptors (Lipinski definition) is 2. The van der Waals surface area contributed by atoms with E-state index in [0.717, 1.165) is 12.8 Å². The molecule has 0 saturated carbocycles. The number of unbranched alkanes of at least 4 members (excludes halogenated alkanes) is 1. The molecule has 12 heavy (non-hydrogen) atoms. The van der Waals surface area contributed by atoms with Crippen LogP contribution in [0.5, 0.6) is 0 Å². The Morgan fingerprint density at radius 2 is 2.25 bits per heavy atom. The molecule has 0 aliphatic heterocycles. The third kappa shape index (κ3) is 5.07. The summed E-state index contributed by atoms with van der Waals surface area (Å²) >= 11 is 0. The number of hydrogen-bond donors (Lipinski definition) is 2. The lowest BCUT2D eigenvalue weighted by Gasteiger charge is -2.09. The average Bonchev–Trinajstić information content (AvgIpc) is 2.00. The van der Waals surface area contributed by atoms with Crippen LogP contribution in [0.1, 0.15) is 32.6 Å². The van der Waals surface area contributed by atoms with Gasteiger partial charge in [-0.2, -0.15) is 0 Å². The smallest absolute Gasteiger partial charge is 0.320 e. The molecule has 0 aliphatic rings. The van der Waals surface area contributed by atoms with Crippen LogP contribution in [0, 0.1) is 0 Å². The molecule has 0 fully saturated rings.